The number of methoxy groups -OCH3 is 1. The van der Waals surface area contributed by atoms with Crippen molar-refractivity contribution in [2.24, 2.45) is 0 Å². The zero-order valence-corrected chi connectivity index (χ0v) is 19.0. The molecular weight excluding hydrogens is 449 g/mol. The van der Waals surface area contributed by atoms with E-state index in [0.29, 0.717) is 31.2 Å². The maximum atomic E-state index is 12.8. The molecule has 2 aromatic carbocycles. The number of nitrogens with one attached hydrogen (secondary N) is 1. The number of benzene rings is 2. The van der Waals surface area contributed by atoms with Gasteiger partial charge >= 0.3 is 0 Å². The first kappa shape index (κ1) is 22.7. The number of carbonyl (C=O) groups is 1. The fourth-order valence-electron chi connectivity index (χ4n) is 3.34. The van der Waals surface area contributed by atoms with E-state index in [2.05, 4.69) is 9.62 Å². The van der Waals surface area contributed by atoms with E-state index in [9.17, 15) is 13.2 Å². The van der Waals surface area contributed by atoms with Gasteiger partial charge in [0.1, 0.15) is 10.6 Å². The molecule has 1 heterocycles. The topological polar surface area (TPSA) is 78.9 Å². The Hall–Kier alpha value is -2.00. The molecule has 0 radical (unpaired) electrons. The number of anilines is 1. The summed E-state index contributed by atoms with van der Waals surface area (Å²) in [5.74, 6) is -0.132. The van der Waals surface area contributed by atoms with Crippen molar-refractivity contribution < 1.29 is 17.9 Å². The normalized spacial score (nSPS) is 15.7. The van der Waals surface area contributed by atoms with Gasteiger partial charge in [-0.3, -0.25) is 4.79 Å². The van der Waals surface area contributed by atoms with Gasteiger partial charge in [-0.25, -0.2) is 8.42 Å². The van der Waals surface area contributed by atoms with E-state index >= 15 is 0 Å². The molecule has 1 saturated heterocycles. The van der Waals surface area contributed by atoms with E-state index < -0.39 is 16.1 Å². The highest BCUT2D eigenvalue weighted by Gasteiger charge is 2.30. The van der Waals surface area contributed by atoms with E-state index in [1.807, 2.05) is 24.3 Å². The lowest BCUT2D eigenvalue weighted by molar-refractivity contribution is -0.132. The second-order valence-corrected chi connectivity index (χ2v) is 9.49. The molecule has 1 atom stereocenters. The molecule has 30 heavy (non-hydrogen) atoms. The van der Waals surface area contributed by atoms with Gasteiger partial charge in [0.25, 0.3) is 0 Å². The molecule has 10 heteroatoms. The number of piperazine rings is 1. The fourth-order valence-corrected chi connectivity index (χ4v) is 5.15. The minimum Gasteiger partial charge on any atom is -0.495 e. The lowest BCUT2D eigenvalue weighted by Crippen LogP contribution is -2.54. The third kappa shape index (κ3) is 5.18. The number of carbonyl (C=O) groups excluding carboxylic acids is 1. The molecule has 0 aromatic heterocycles. The third-order valence-corrected chi connectivity index (χ3v) is 6.91. The van der Waals surface area contributed by atoms with Crippen LogP contribution in [0.2, 0.25) is 10.0 Å². The first-order chi connectivity index (χ1) is 14.2. The van der Waals surface area contributed by atoms with E-state index in [-0.39, 0.29) is 21.6 Å². The predicted molar refractivity (Wildman–Crippen MR) is 118 cm³/mol. The molecule has 7 nitrogen and oxygen atoms in total. The van der Waals surface area contributed by atoms with Crippen LogP contribution in [0.3, 0.4) is 0 Å². The number of halogens is 2. The van der Waals surface area contributed by atoms with Crippen LogP contribution in [0.15, 0.2) is 47.4 Å². The van der Waals surface area contributed by atoms with Crippen LogP contribution in [-0.4, -0.2) is 58.6 Å². The van der Waals surface area contributed by atoms with Crippen LogP contribution in [-0.2, 0) is 14.8 Å². The van der Waals surface area contributed by atoms with Crippen molar-refractivity contribution >= 4 is 44.8 Å². The summed E-state index contributed by atoms with van der Waals surface area (Å²) in [5, 5.41) is 0.915. The molecule has 162 valence electrons. The fraction of sp³-hybridized carbons (Fsp3) is 0.350. The monoisotopic (exact) mass is 471 g/mol. The van der Waals surface area contributed by atoms with Gasteiger partial charge in [0, 0.05) is 41.9 Å². The van der Waals surface area contributed by atoms with Crippen molar-refractivity contribution in [3.63, 3.8) is 0 Å². The third-order valence-electron chi connectivity index (χ3n) is 4.88. The highest BCUT2D eigenvalue weighted by Crippen LogP contribution is 2.27. The van der Waals surface area contributed by atoms with E-state index in [1.165, 1.54) is 32.2 Å². The number of ether oxygens (including phenoxy) is 1. The van der Waals surface area contributed by atoms with Crippen LogP contribution in [0.4, 0.5) is 5.69 Å². The number of sulfonamides is 1. The Bertz CT molecular complexity index is 1020. The summed E-state index contributed by atoms with van der Waals surface area (Å²) in [6, 6.07) is 10.9. The largest absolute Gasteiger partial charge is 0.495 e. The summed E-state index contributed by atoms with van der Waals surface area (Å²) in [6.45, 7) is 3.76. The van der Waals surface area contributed by atoms with Crippen molar-refractivity contribution in [1.82, 2.24) is 9.62 Å². The van der Waals surface area contributed by atoms with Gasteiger partial charge in [-0.05, 0) is 43.3 Å². The Morgan fingerprint density at radius 3 is 2.37 bits per heavy atom. The Morgan fingerprint density at radius 2 is 1.73 bits per heavy atom. The highest BCUT2D eigenvalue weighted by atomic mass is 35.5. The molecule has 1 aliphatic heterocycles. The number of amides is 1. The quantitative estimate of drug-likeness (QED) is 0.700. The molecule has 1 aliphatic rings. The van der Waals surface area contributed by atoms with Crippen molar-refractivity contribution in [3.05, 3.63) is 52.5 Å². The molecule has 0 spiro atoms. The van der Waals surface area contributed by atoms with Crippen LogP contribution >= 0.6 is 23.2 Å². The first-order valence-electron chi connectivity index (χ1n) is 9.36. The summed E-state index contributed by atoms with van der Waals surface area (Å²) in [5.41, 5.74) is 0.997. The van der Waals surface area contributed by atoms with E-state index in [0.717, 1.165) is 5.69 Å². The highest BCUT2D eigenvalue weighted by molar-refractivity contribution is 7.89. The van der Waals surface area contributed by atoms with Crippen molar-refractivity contribution in [1.29, 1.82) is 0 Å². The van der Waals surface area contributed by atoms with Crippen molar-refractivity contribution in [2.75, 3.05) is 38.2 Å². The van der Waals surface area contributed by atoms with Gasteiger partial charge in [-0.2, -0.15) is 4.72 Å². The molecule has 1 N–H and O–H groups in total. The number of nitrogens with zero attached hydrogens (tertiary/aromatic N) is 2. The van der Waals surface area contributed by atoms with Gasteiger partial charge in [-0.15, -0.1) is 0 Å². The van der Waals surface area contributed by atoms with Crippen molar-refractivity contribution in [2.45, 2.75) is 17.9 Å². The van der Waals surface area contributed by atoms with Crippen LogP contribution < -0.4 is 14.4 Å². The van der Waals surface area contributed by atoms with Gasteiger partial charge < -0.3 is 14.5 Å². The van der Waals surface area contributed by atoms with E-state index in [4.69, 9.17) is 27.9 Å². The summed E-state index contributed by atoms with van der Waals surface area (Å²) in [7, 11) is -2.63. The van der Waals surface area contributed by atoms with Gasteiger partial charge in [0.15, 0.2) is 0 Å². The first-order valence-corrected chi connectivity index (χ1v) is 11.6. The molecule has 2 aromatic rings. The molecule has 1 amide bonds. The number of hydrogen-bond donors (Lipinski definition) is 1. The second-order valence-electron chi connectivity index (χ2n) is 6.93. The Morgan fingerprint density at radius 1 is 1.07 bits per heavy atom. The summed E-state index contributed by atoms with van der Waals surface area (Å²) < 4.78 is 33.1. The molecule has 1 fully saturated rings. The Kier molecular flexibility index (Phi) is 7.13. The molecule has 0 aliphatic carbocycles. The maximum Gasteiger partial charge on any atom is 0.245 e. The van der Waals surface area contributed by atoms with Crippen LogP contribution in [0.25, 0.3) is 0 Å². The Balaban J connectivity index is 1.64. The minimum absolute atomic E-state index is 0.108. The summed E-state index contributed by atoms with van der Waals surface area (Å²) in [6.07, 6.45) is 0. The number of rotatable bonds is 6. The smallest absolute Gasteiger partial charge is 0.245 e. The van der Waals surface area contributed by atoms with Crippen LogP contribution in [0.1, 0.15) is 6.92 Å². The summed E-state index contributed by atoms with van der Waals surface area (Å²) in [4.78, 5) is 16.5. The maximum absolute atomic E-state index is 12.8. The molecule has 0 saturated carbocycles. The molecule has 3 rings (SSSR count). The minimum atomic E-state index is -4.00. The summed E-state index contributed by atoms with van der Waals surface area (Å²) >= 11 is 12.0. The standard InChI is InChI=1S/C20H23Cl2N3O4S/c1-14(23-30(27,28)19-13-16(22)6-7-18(19)29-2)20(26)25-10-8-24(9-11-25)17-5-3-4-15(21)12-17/h3-7,12-14,23H,8-11H2,1-2H3/t14-/m0/s1. The van der Waals surface area contributed by atoms with Gasteiger partial charge in [-0.1, -0.05) is 29.3 Å². The SMILES string of the molecule is COc1ccc(Cl)cc1S(=O)(=O)N[C@@H](C)C(=O)N1CCN(c2cccc(Cl)c2)CC1. The Labute approximate surface area is 186 Å². The molecule has 0 unspecified atom stereocenters. The zero-order valence-electron chi connectivity index (χ0n) is 16.6. The average molecular weight is 472 g/mol. The average Bonchev–Trinajstić information content (AvgIpc) is 2.73. The lowest BCUT2D eigenvalue weighted by Gasteiger charge is -2.37. The van der Waals surface area contributed by atoms with Crippen LogP contribution in [0.5, 0.6) is 5.75 Å². The van der Waals surface area contributed by atoms with Gasteiger partial charge in [0.2, 0.25) is 15.9 Å². The van der Waals surface area contributed by atoms with Crippen LogP contribution in [0, 0.1) is 0 Å². The molecular formula is C20H23Cl2N3O4S. The molecule has 0 bridgehead atoms. The number of hydrogen-bond acceptors (Lipinski definition) is 5. The second kappa shape index (κ2) is 9.43. The van der Waals surface area contributed by atoms with Crippen molar-refractivity contribution in [3.8, 4) is 5.75 Å². The lowest BCUT2D eigenvalue weighted by atomic mass is 10.2. The van der Waals surface area contributed by atoms with E-state index in [1.54, 1.807) is 4.90 Å². The zero-order chi connectivity index (χ0) is 21.9. The van der Waals surface area contributed by atoms with Gasteiger partial charge in [0.05, 0.1) is 13.2 Å². The predicted octanol–water partition coefficient (Wildman–Crippen LogP) is 3.02.